The molecule has 2 aromatic carbocycles. The van der Waals surface area contributed by atoms with E-state index in [9.17, 15) is 23.4 Å². The standard InChI is InChI=1S/C25H33ClN2O7S/c1-17(2)14-28(36(32,33)20-8-9-21(26)23(29)13-20)15-24(30)22(12-18-6-4-3-5-7-18)27-25(31)35-19-10-11-34-16-19/h3-9,13,17,19,22,24,29-30H,10-12,14-16H2,1-2H3,(H,27,31)/t19-,22-,24+/m0/s1. The predicted molar refractivity (Wildman–Crippen MR) is 135 cm³/mol. The van der Waals surface area contributed by atoms with Crippen molar-refractivity contribution in [1.29, 1.82) is 0 Å². The Labute approximate surface area is 217 Å². The molecule has 3 atom stereocenters. The van der Waals surface area contributed by atoms with Gasteiger partial charge in [-0.1, -0.05) is 55.8 Å². The van der Waals surface area contributed by atoms with E-state index in [4.69, 9.17) is 21.1 Å². The maximum absolute atomic E-state index is 13.4. The first-order valence-corrected chi connectivity index (χ1v) is 13.6. The Bertz CT molecular complexity index is 1110. The zero-order valence-electron chi connectivity index (χ0n) is 20.3. The lowest BCUT2D eigenvalue weighted by Crippen LogP contribution is -2.51. The van der Waals surface area contributed by atoms with E-state index in [0.717, 1.165) is 15.9 Å². The number of hydrogen-bond acceptors (Lipinski definition) is 7. The smallest absolute Gasteiger partial charge is 0.407 e. The van der Waals surface area contributed by atoms with Crippen LogP contribution in [0, 0.1) is 5.92 Å². The van der Waals surface area contributed by atoms with Crippen molar-refractivity contribution in [3.63, 3.8) is 0 Å². The number of carbonyl (C=O) groups is 1. The third kappa shape index (κ3) is 7.81. The summed E-state index contributed by atoms with van der Waals surface area (Å²) >= 11 is 5.85. The molecule has 1 aliphatic heterocycles. The van der Waals surface area contributed by atoms with Crippen LogP contribution in [-0.2, 0) is 25.9 Å². The van der Waals surface area contributed by atoms with Gasteiger partial charge in [-0.15, -0.1) is 0 Å². The number of phenols is 1. The van der Waals surface area contributed by atoms with Crippen molar-refractivity contribution in [3.05, 3.63) is 59.1 Å². The Hall–Kier alpha value is -2.37. The normalized spacial score (nSPS) is 17.8. The molecule has 36 heavy (non-hydrogen) atoms. The van der Waals surface area contributed by atoms with Crippen LogP contribution in [0.5, 0.6) is 5.75 Å². The van der Waals surface area contributed by atoms with Gasteiger partial charge >= 0.3 is 6.09 Å². The van der Waals surface area contributed by atoms with Crippen LogP contribution < -0.4 is 5.32 Å². The zero-order chi connectivity index (χ0) is 26.3. The lowest BCUT2D eigenvalue weighted by atomic mass is 10.0. The minimum atomic E-state index is -4.09. The fourth-order valence-electron chi connectivity index (χ4n) is 3.91. The maximum atomic E-state index is 13.4. The van der Waals surface area contributed by atoms with E-state index in [0.29, 0.717) is 19.6 Å². The average Bonchev–Trinajstić information content (AvgIpc) is 3.33. The first-order valence-electron chi connectivity index (χ1n) is 11.8. The molecule has 0 aromatic heterocycles. The lowest BCUT2D eigenvalue weighted by molar-refractivity contribution is 0.0644. The maximum Gasteiger partial charge on any atom is 0.407 e. The van der Waals surface area contributed by atoms with Crippen molar-refractivity contribution in [3.8, 4) is 5.75 Å². The van der Waals surface area contributed by atoms with Gasteiger partial charge < -0.3 is 25.0 Å². The van der Waals surface area contributed by atoms with Gasteiger partial charge in [0.15, 0.2) is 0 Å². The molecule has 1 amide bonds. The highest BCUT2D eigenvalue weighted by Crippen LogP contribution is 2.28. The number of halogens is 1. The van der Waals surface area contributed by atoms with Crippen molar-refractivity contribution in [1.82, 2.24) is 9.62 Å². The minimum absolute atomic E-state index is 0.0303. The molecular weight excluding hydrogens is 508 g/mol. The molecular formula is C25H33ClN2O7S. The first kappa shape index (κ1) is 28.2. The number of nitrogens with zero attached hydrogens (tertiary/aromatic N) is 1. The number of nitrogens with one attached hydrogen (secondary N) is 1. The molecule has 0 aliphatic carbocycles. The summed E-state index contributed by atoms with van der Waals surface area (Å²) in [5, 5.41) is 23.9. The highest BCUT2D eigenvalue weighted by Gasteiger charge is 2.32. The van der Waals surface area contributed by atoms with Crippen LogP contribution in [0.15, 0.2) is 53.4 Å². The number of aliphatic hydroxyl groups excluding tert-OH is 1. The van der Waals surface area contributed by atoms with Crippen molar-refractivity contribution in [2.75, 3.05) is 26.3 Å². The van der Waals surface area contributed by atoms with Crippen LogP contribution in [0.1, 0.15) is 25.8 Å². The van der Waals surface area contributed by atoms with E-state index in [2.05, 4.69) is 5.32 Å². The Morgan fingerprint density at radius 3 is 2.56 bits per heavy atom. The van der Waals surface area contributed by atoms with E-state index >= 15 is 0 Å². The molecule has 0 unspecified atom stereocenters. The third-order valence-corrected chi connectivity index (χ3v) is 7.89. The Morgan fingerprint density at radius 2 is 1.94 bits per heavy atom. The fraction of sp³-hybridized carbons (Fsp3) is 0.480. The summed E-state index contributed by atoms with van der Waals surface area (Å²) in [4.78, 5) is 12.4. The van der Waals surface area contributed by atoms with Gasteiger partial charge in [0.1, 0.15) is 11.9 Å². The molecule has 3 N–H and O–H groups in total. The number of aromatic hydroxyl groups is 1. The molecule has 1 heterocycles. The summed E-state index contributed by atoms with van der Waals surface area (Å²) in [5.41, 5.74) is 0.854. The van der Waals surface area contributed by atoms with Gasteiger partial charge in [0, 0.05) is 25.6 Å². The number of phenolic OH excluding ortho intramolecular Hbond substituents is 1. The summed E-state index contributed by atoms with van der Waals surface area (Å²) in [6.07, 6.45) is -1.48. The van der Waals surface area contributed by atoms with Crippen LogP contribution in [-0.4, -0.2) is 73.6 Å². The van der Waals surface area contributed by atoms with Crippen LogP contribution in [0.3, 0.4) is 0 Å². The molecule has 198 valence electrons. The molecule has 1 aliphatic rings. The third-order valence-electron chi connectivity index (χ3n) is 5.74. The summed E-state index contributed by atoms with van der Waals surface area (Å²) in [7, 11) is -4.09. The number of rotatable bonds is 11. The van der Waals surface area contributed by atoms with E-state index in [-0.39, 0.29) is 47.2 Å². The second-order valence-electron chi connectivity index (χ2n) is 9.23. The Kier molecular flexibility index (Phi) is 9.98. The number of alkyl carbamates (subject to hydrolysis) is 1. The number of ether oxygens (including phenoxy) is 2. The van der Waals surface area contributed by atoms with E-state index < -0.39 is 28.3 Å². The van der Waals surface area contributed by atoms with E-state index in [1.165, 1.54) is 12.1 Å². The fourth-order valence-corrected chi connectivity index (χ4v) is 5.67. The predicted octanol–water partition coefficient (Wildman–Crippen LogP) is 3.18. The highest BCUT2D eigenvalue weighted by molar-refractivity contribution is 7.89. The number of amides is 1. The highest BCUT2D eigenvalue weighted by atomic mass is 35.5. The van der Waals surface area contributed by atoms with Crippen LogP contribution in [0.4, 0.5) is 4.79 Å². The van der Waals surface area contributed by atoms with Crippen molar-refractivity contribution >= 4 is 27.7 Å². The van der Waals surface area contributed by atoms with E-state index in [1.54, 1.807) is 0 Å². The Morgan fingerprint density at radius 1 is 1.22 bits per heavy atom. The topological polar surface area (TPSA) is 125 Å². The van der Waals surface area contributed by atoms with Crippen molar-refractivity contribution in [2.24, 2.45) is 5.92 Å². The first-order chi connectivity index (χ1) is 17.1. The van der Waals surface area contributed by atoms with Gasteiger partial charge in [0.05, 0.1) is 35.3 Å². The molecule has 11 heteroatoms. The largest absolute Gasteiger partial charge is 0.506 e. The van der Waals surface area contributed by atoms with E-state index in [1.807, 2.05) is 44.2 Å². The zero-order valence-corrected chi connectivity index (χ0v) is 21.9. The average molecular weight is 541 g/mol. The van der Waals surface area contributed by atoms with Crippen LogP contribution >= 0.6 is 11.6 Å². The molecule has 0 saturated carbocycles. The summed E-state index contributed by atoms with van der Waals surface area (Å²) in [6.45, 7) is 4.37. The van der Waals surface area contributed by atoms with Gasteiger partial charge in [-0.2, -0.15) is 4.31 Å². The number of aliphatic hydroxyl groups is 1. The van der Waals surface area contributed by atoms with Gasteiger partial charge in [-0.05, 0) is 30.0 Å². The Balaban J connectivity index is 1.82. The quantitative estimate of drug-likeness (QED) is 0.399. The van der Waals surface area contributed by atoms with Gasteiger partial charge in [-0.25, -0.2) is 13.2 Å². The molecule has 9 nitrogen and oxygen atoms in total. The van der Waals surface area contributed by atoms with Gasteiger partial charge in [0.25, 0.3) is 0 Å². The molecule has 0 radical (unpaired) electrons. The van der Waals surface area contributed by atoms with Crippen molar-refractivity contribution in [2.45, 2.75) is 49.8 Å². The molecule has 3 rings (SSSR count). The monoisotopic (exact) mass is 540 g/mol. The minimum Gasteiger partial charge on any atom is -0.506 e. The molecule has 0 spiro atoms. The molecule has 0 bridgehead atoms. The molecule has 1 saturated heterocycles. The summed E-state index contributed by atoms with van der Waals surface area (Å²) < 4.78 is 38.7. The van der Waals surface area contributed by atoms with Gasteiger partial charge in [0.2, 0.25) is 10.0 Å². The van der Waals surface area contributed by atoms with Gasteiger partial charge in [-0.3, -0.25) is 0 Å². The van der Waals surface area contributed by atoms with Crippen molar-refractivity contribution < 1.29 is 32.9 Å². The SMILES string of the molecule is CC(C)CN(C[C@@H](O)[C@H](Cc1ccccc1)NC(=O)O[C@H]1CCOC1)S(=O)(=O)c1ccc(Cl)c(O)c1. The number of sulfonamides is 1. The number of carbonyl (C=O) groups excluding carboxylic acids is 1. The summed E-state index contributed by atoms with van der Waals surface area (Å²) in [6, 6.07) is 12.1. The lowest BCUT2D eigenvalue weighted by Gasteiger charge is -2.30. The van der Waals surface area contributed by atoms with Crippen LogP contribution in [0.2, 0.25) is 5.02 Å². The van der Waals surface area contributed by atoms with Crippen LogP contribution in [0.25, 0.3) is 0 Å². The molecule has 1 fully saturated rings. The number of benzene rings is 2. The second-order valence-corrected chi connectivity index (χ2v) is 11.6. The molecule has 2 aromatic rings. The number of hydrogen-bond donors (Lipinski definition) is 3. The second kappa shape index (κ2) is 12.7. The summed E-state index contributed by atoms with van der Waals surface area (Å²) in [5.74, 6) is -0.411.